The molecule has 0 radical (unpaired) electrons. The molecular formula is C21H26O10. The zero-order valence-corrected chi connectivity index (χ0v) is 17.7. The third-order valence-electron chi connectivity index (χ3n) is 3.46. The lowest BCUT2D eigenvalue weighted by molar-refractivity contribution is -0.165. The average Bonchev–Trinajstić information content (AvgIpc) is 2.69. The normalized spacial score (nSPS) is 10.7. The standard InChI is InChI=1S/C21H26O10/c1-13(2)18(25)29-10-21(11-30-19(26)14(3)4,12-31-20(27)15(5)6)9-28-17(24)8-7-16(22)23/h7-8H,1,3,5,9-12H2,2,4,6H3,(H,22,23)/b8-7-. The first kappa shape index (κ1) is 27.3. The van der Waals surface area contributed by atoms with Crippen molar-refractivity contribution in [2.24, 2.45) is 5.41 Å². The van der Waals surface area contributed by atoms with Gasteiger partial charge in [-0.3, -0.25) is 0 Å². The molecule has 0 aliphatic heterocycles. The molecule has 0 aliphatic rings. The Hall–Kier alpha value is -3.69. The van der Waals surface area contributed by atoms with Crippen LogP contribution >= 0.6 is 0 Å². The van der Waals surface area contributed by atoms with Crippen LogP contribution in [0.4, 0.5) is 0 Å². The fraction of sp³-hybridized carbons (Fsp3) is 0.381. The molecule has 10 nitrogen and oxygen atoms in total. The number of carboxylic acid groups (broad SMARTS) is 1. The van der Waals surface area contributed by atoms with E-state index in [4.69, 9.17) is 24.1 Å². The molecule has 31 heavy (non-hydrogen) atoms. The van der Waals surface area contributed by atoms with Crippen molar-refractivity contribution < 1.29 is 48.0 Å². The quantitative estimate of drug-likeness (QED) is 0.255. The van der Waals surface area contributed by atoms with Crippen LogP contribution in [-0.4, -0.2) is 61.4 Å². The highest BCUT2D eigenvalue weighted by Crippen LogP contribution is 2.23. The number of aliphatic carboxylic acids is 1. The largest absolute Gasteiger partial charge is 0.478 e. The first-order chi connectivity index (χ1) is 14.3. The second-order valence-electron chi connectivity index (χ2n) is 6.85. The predicted octanol–water partition coefficient (Wildman–Crippen LogP) is 1.51. The van der Waals surface area contributed by atoms with Crippen molar-refractivity contribution in [1.82, 2.24) is 0 Å². The Balaban J connectivity index is 5.74. The Morgan fingerprint density at radius 3 is 1.29 bits per heavy atom. The first-order valence-electron chi connectivity index (χ1n) is 8.85. The Labute approximate surface area is 179 Å². The second-order valence-corrected chi connectivity index (χ2v) is 6.85. The van der Waals surface area contributed by atoms with E-state index in [2.05, 4.69) is 19.7 Å². The van der Waals surface area contributed by atoms with Crippen LogP contribution in [0.3, 0.4) is 0 Å². The van der Waals surface area contributed by atoms with E-state index >= 15 is 0 Å². The Morgan fingerprint density at radius 1 is 0.677 bits per heavy atom. The van der Waals surface area contributed by atoms with Gasteiger partial charge in [-0.15, -0.1) is 0 Å². The van der Waals surface area contributed by atoms with E-state index < -0.39 is 61.7 Å². The third-order valence-corrected chi connectivity index (χ3v) is 3.46. The third kappa shape index (κ3) is 11.2. The molecule has 0 aromatic rings. The van der Waals surface area contributed by atoms with Crippen LogP contribution < -0.4 is 0 Å². The Morgan fingerprint density at radius 2 is 1.00 bits per heavy atom. The monoisotopic (exact) mass is 438 g/mol. The molecule has 0 aromatic carbocycles. The number of carboxylic acids is 1. The van der Waals surface area contributed by atoms with E-state index in [1.807, 2.05) is 0 Å². The second kappa shape index (κ2) is 12.8. The molecule has 0 saturated heterocycles. The molecule has 0 aliphatic carbocycles. The van der Waals surface area contributed by atoms with E-state index in [0.717, 1.165) is 0 Å². The molecule has 0 atom stereocenters. The number of rotatable bonds is 13. The fourth-order valence-electron chi connectivity index (χ4n) is 1.69. The minimum absolute atomic E-state index is 0.0770. The van der Waals surface area contributed by atoms with Gasteiger partial charge in [0.05, 0.1) is 0 Å². The summed E-state index contributed by atoms with van der Waals surface area (Å²) in [7, 11) is 0. The van der Waals surface area contributed by atoms with E-state index in [-0.39, 0.29) is 16.7 Å². The van der Waals surface area contributed by atoms with Crippen molar-refractivity contribution >= 4 is 29.8 Å². The number of carbonyl (C=O) groups excluding carboxylic acids is 4. The molecule has 0 amide bonds. The summed E-state index contributed by atoms with van der Waals surface area (Å²) >= 11 is 0. The molecule has 0 rings (SSSR count). The molecule has 0 saturated carbocycles. The lowest BCUT2D eigenvalue weighted by Gasteiger charge is -2.31. The number of hydrogen-bond acceptors (Lipinski definition) is 9. The maximum atomic E-state index is 11.8. The highest BCUT2D eigenvalue weighted by Gasteiger charge is 2.38. The smallest absolute Gasteiger partial charge is 0.333 e. The number of hydrogen-bond donors (Lipinski definition) is 1. The van der Waals surface area contributed by atoms with Gasteiger partial charge in [0.2, 0.25) is 0 Å². The molecule has 0 heterocycles. The molecular weight excluding hydrogens is 412 g/mol. The van der Waals surface area contributed by atoms with Crippen LogP contribution in [0, 0.1) is 5.41 Å². The molecule has 0 unspecified atom stereocenters. The van der Waals surface area contributed by atoms with E-state index in [0.29, 0.717) is 12.2 Å². The lowest BCUT2D eigenvalue weighted by Crippen LogP contribution is -2.44. The molecule has 0 bridgehead atoms. The van der Waals surface area contributed by atoms with Gasteiger partial charge in [-0.2, -0.15) is 0 Å². The van der Waals surface area contributed by atoms with Gasteiger partial charge in [0, 0.05) is 28.9 Å². The van der Waals surface area contributed by atoms with Crippen molar-refractivity contribution in [3.63, 3.8) is 0 Å². The minimum atomic E-state index is -1.51. The maximum Gasteiger partial charge on any atom is 0.333 e. The van der Waals surface area contributed by atoms with Gasteiger partial charge < -0.3 is 24.1 Å². The van der Waals surface area contributed by atoms with Crippen molar-refractivity contribution in [1.29, 1.82) is 0 Å². The molecule has 170 valence electrons. The maximum absolute atomic E-state index is 11.8. The summed E-state index contributed by atoms with van der Waals surface area (Å²) in [6.07, 6.45) is 1.22. The topological polar surface area (TPSA) is 143 Å². The zero-order valence-electron chi connectivity index (χ0n) is 17.7. The fourth-order valence-corrected chi connectivity index (χ4v) is 1.69. The highest BCUT2D eigenvalue weighted by molar-refractivity contribution is 5.91. The van der Waals surface area contributed by atoms with Gasteiger partial charge >= 0.3 is 29.8 Å². The summed E-state index contributed by atoms with van der Waals surface area (Å²) < 4.78 is 20.4. The van der Waals surface area contributed by atoms with Crippen LogP contribution in [0.25, 0.3) is 0 Å². The molecule has 10 heteroatoms. The van der Waals surface area contributed by atoms with Crippen LogP contribution in [0.5, 0.6) is 0 Å². The summed E-state index contributed by atoms with van der Waals surface area (Å²) in [5, 5.41) is 8.59. The lowest BCUT2D eigenvalue weighted by atomic mass is 9.92. The van der Waals surface area contributed by atoms with Crippen LogP contribution in [0.1, 0.15) is 20.8 Å². The van der Waals surface area contributed by atoms with Gasteiger partial charge in [-0.1, -0.05) is 19.7 Å². The van der Waals surface area contributed by atoms with Crippen molar-refractivity contribution in [2.45, 2.75) is 20.8 Å². The first-order valence-corrected chi connectivity index (χ1v) is 8.85. The van der Waals surface area contributed by atoms with Crippen LogP contribution in [0.15, 0.2) is 48.6 Å². The van der Waals surface area contributed by atoms with Gasteiger partial charge in [0.15, 0.2) is 0 Å². The predicted molar refractivity (Wildman–Crippen MR) is 107 cm³/mol. The van der Waals surface area contributed by atoms with Crippen LogP contribution in [-0.2, 0) is 42.9 Å². The van der Waals surface area contributed by atoms with Crippen LogP contribution in [0.2, 0.25) is 0 Å². The Kier molecular flexibility index (Phi) is 11.3. The van der Waals surface area contributed by atoms with Gasteiger partial charge in [0.1, 0.15) is 31.8 Å². The molecule has 0 fully saturated rings. The van der Waals surface area contributed by atoms with Crippen molar-refractivity contribution in [3.8, 4) is 0 Å². The van der Waals surface area contributed by atoms with Gasteiger partial charge in [-0.05, 0) is 20.8 Å². The average molecular weight is 438 g/mol. The van der Waals surface area contributed by atoms with Gasteiger partial charge in [-0.25, -0.2) is 24.0 Å². The van der Waals surface area contributed by atoms with Gasteiger partial charge in [0.25, 0.3) is 0 Å². The number of esters is 4. The number of carbonyl (C=O) groups is 5. The number of ether oxygens (including phenoxy) is 4. The summed E-state index contributed by atoms with van der Waals surface area (Å²) in [4.78, 5) is 57.9. The zero-order chi connectivity index (χ0) is 24.2. The molecule has 1 N–H and O–H groups in total. The summed E-state index contributed by atoms with van der Waals surface area (Å²) in [6, 6.07) is 0. The molecule has 0 spiro atoms. The summed E-state index contributed by atoms with van der Waals surface area (Å²) in [5.41, 5.74) is -1.27. The summed E-state index contributed by atoms with van der Waals surface area (Å²) in [6.45, 7) is 12.6. The Bertz CT molecular complexity index is 729. The minimum Gasteiger partial charge on any atom is -0.478 e. The van der Waals surface area contributed by atoms with E-state index in [9.17, 15) is 24.0 Å². The molecule has 0 aromatic heterocycles. The SMILES string of the molecule is C=C(C)C(=O)OCC(COC(=O)/C=C\C(=O)O)(COC(=O)C(=C)C)COC(=O)C(=C)C. The van der Waals surface area contributed by atoms with Crippen molar-refractivity contribution in [2.75, 3.05) is 26.4 Å². The van der Waals surface area contributed by atoms with E-state index in [1.165, 1.54) is 20.8 Å². The van der Waals surface area contributed by atoms with E-state index in [1.54, 1.807) is 0 Å². The van der Waals surface area contributed by atoms with Crippen molar-refractivity contribution in [3.05, 3.63) is 48.6 Å². The highest BCUT2D eigenvalue weighted by atomic mass is 16.6. The summed E-state index contributed by atoms with van der Waals surface area (Å²) in [5.74, 6) is -4.74.